The van der Waals surface area contributed by atoms with Crippen LogP contribution in [-0.4, -0.2) is 16.9 Å². The molecule has 8 heteroatoms. The quantitative estimate of drug-likeness (QED) is 0.787. The first-order valence-corrected chi connectivity index (χ1v) is 5.76. The minimum atomic E-state index is -4.56. The topological polar surface area (TPSA) is 27.1 Å². The Balaban J connectivity index is 2.58. The molecule has 0 saturated heterocycles. The van der Waals surface area contributed by atoms with E-state index in [1.165, 1.54) is 13.2 Å². The fraction of sp³-hybridized carbons (Fsp3) is 0.250. The van der Waals surface area contributed by atoms with Crippen molar-refractivity contribution in [1.82, 2.24) is 9.78 Å². The first-order valence-electron chi connectivity index (χ1n) is 5.38. The fourth-order valence-electron chi connectivity index (χ4n) is 1.75. The van der Waals surface area contributed by atoms with Crippen molar-refractivity contribution in [3.8, 4) is 17.0 Å². The molecule has 0 unspecified atom stereocenters. The van der Waals surface area contributed by atoms with Crippen LogP contribution in [0.5, 0.6) is 5.75 Å². The van der Waals surface area contributed by atoms with Gasteiger partial charge in [0.2, 0.25) is 0 Å². The number of nitrogens with zero attached hydrogens (tertiary/aromatic N) is 2. The third kappa shape index (κ3) is 2.58. The monoisotopic (exact) mass is 308 g/mol. The van der Waals surface area contributed by atoms with Crippen molar-refractivity contribution in [3.05, 3.63) is 34.7 Å². The first kappa shape index (κ1) is 14.6. The van der Waals surface area contributed by atoms with Gasteiger partial charge >= 0.3 is 6.18 Å². The highest BCUT2D eigenvalue weighted by Crippen LogP contribution is 2.35. The Kier molecular flexibility index (Phi) is 3.64. The van der Waals surface area contributed by atoms with Gasteiger partial charge in [0.15, 0.2) is 0 Å². The summed E-state index contributed by atoms with van der Waals surface area (Å²) in [5.74, 6) is -0.620. The Bertz CT molecular complexity index is 652. The van der Waals surface area contributed by atoms with Gasteiger partial charge in [-0.1, -0.05) is 11.6 Å². The minimum Gasteiger partial charge on any atom is -0.495 e. The second kappa shape index (κ2) is 4.97. The predicted molar refractivity (Wildman–Crippen MR) is 65.2 cm³/mol. The number of methoxy groups -OCH3 is 1. The molecule has 0 fully saturated rings. The van der Waals surface area contributed by atoms with E-state index in [1.807, 2.05) is 0 Å². The molecule has 0 saturated carbocycles. The third-order valence-corrected chi connectivity index (χ3v) is 2.98. The Morgan fingerprint density at radius 1 is 1.25 bits per heavy atom. The van der Waals surface area contributed by atoms with Crippen LogP contribution < -0.4 is 4.74 Å². The van der Waals surface area contributed by atoms with Crippen LogP contribution >= 0.6 is 11.6 Å². The zero-order valence-corrected chi connectivity index (χ0v) is 11.2. The normalized spacial score (nSPS) is 11.8. The summed E-state index contributed by atoms with van der Waals surface area (Å²) >= 11 is 5.73. The van der Waals surface area contributed by atoms with Gasteiger partial charge in [0.1, 0.15) is 17.3 Å². The molecule has 20 heavy (non-hydrogen) atoms. The van der Waals surface area contributed by atoms with Crippen molar-refractivity contribution in [1.29, 1.82) is 0 Å². The zero-order valence-electron chi connectivity index (χ0n) is 10.4. The second-order valence-electron chi connectivity index (χ2n) is 4.00. The number of ether oxygens (including phenoxy) is 1. The summed E-state index contributed by atoms with van der Waals surface area (Å²) in [6.45, 7) is 0. The standard InChI is InChI=1S/C12H9ClF4N2O/c1-19-11(12(15,16)17)5-9(18-19)6-3-10(20-2)7(13)4-8(6)14/h3-5H,1-2H3. The number of hydrogen-bond acceptors (Lipinski definition) is 2. The molecule has 2 rings (SSSR count). The van der Waals surface area contributed by atoms with Crippen LogP contribution in [0.15, 0.2) is 18.2 Å². The molecule has 0 aliphatic heterocycles. The Morgan fingerprint density at radius 2 is 1.90 bits per heavy atom. The van der Waals surface area contributed by atoms with Gasteiger partial charge in [-0.3, -0.25) is 4.68 Å². The van der Waals surface area contributed by atoms with E-state index in [0.717, 1.165) is 19.2 Å². The maximum absolute atomic E-state index is 13.8. The highest BCUT2D eigenvalue weighted by atomic mass is 35.5. The van der Waals surface area contributed by atoms with E-state index < -0.39 is 17.7 Å². The molecule has 0 bridgehead atoms. The van der Waals surface area contributed by atoms with Gasteiger partial charge < -0.3 is 4.74 Å². The van der Waals surface area contributed by atoms with Crippen molar-refractivity contribution in [2.45, 2.75) is 6.18 Å². The summed E-state index contributed by atoms with van der Waals surface area (Å²) in [5, 5.41) is 3.70. The van der Waals surface area contributed by atoms with Gasteiger partial charge in [-0.05, 0) is 18.2 Å². The molecule has 0 radical (unpaired) electrons. The fourth-order valence-corrected chi connectivity index (χ4v) is 1.97. The molecular weight excluding hydrogens is 300 g/mol. The van der Waals surface area contributed by atoms with Gasteiger partial charge in [-0.25, -0.2) is 4.39 Å². The molecular formula is C12H9ClF4N2O. The smallest absolute Gasteiger partial charge is 0.433 e. The molecule has 1 aromatic heterocycles. The summed E-state index contributed by atoms with van der Waals surface area (Å²) in [5.41, 5.74) is -1.23. The second-order valence-corrected chi connectivity index (χ2v) is 4.41. The molecule has 0 amide bonds. The van der Waals surface area contributed by atoms with Crippen LogP contribution in [0, 0.1) is 5.82 Å². The molecule has 1 aromatic carbocycles. The van der Waals surface area contributed by atoms with E-state index in [1.54, 1.807) is 0 Å². The van der Waals surface area contributed by atoms with Crippen molar-refractivity contribution < 1.29 is 22.3 Å². The summed E-state index contributed by atoms with van der Waals surface area (Å²) < 4.78 is 57.4. The Hall–Kier alpha value is -1.76. The Labute approximate surface area is 116 Å². The molecule has 1 heterocycles. The summed E-state index contributed by atoms with van der Waals surface area (Å²) in [6, 6.07) is 2.95. The number of benzene rings is 1. The van der Waals surface area contributed by atoms with Gasteiger partial charge in [0, 0.05) is 12.6 Å². The molecule has 108 valence electrons. The molecule has 0 N–H and O–H groups in total. The number of aryl methyl sites for hydroxylation is 1. The van der Waals surface area contributed by atoms with Gasteiger partial charge in [-0.15, -0.1) is 0 Å². The van der Waals surface area contributed by atoms with Crippen molar-refractivity contribution in [2.24, 2.45) is 7.05 Å². The lowest BCUT2D eigenvalue weighted by Gasteiger charge is -2.06. The predicted octanol–water partition coefficient (Wildman–Crippen LogP) is 3.91. The summed E-state index contributed by atoms with van der Waals surface area (Å²) in [7, 11) is 2.46. The molecule has 0 aliphatic carbocycles. The van der Waals surface area contributed by atoms with E-state index >= 15 is 0 Å². The first-order chi connectivity index (χ1) is 9.24. The van der Waals surface area contributed by atoms with E-state index in [4.69, 9.17) is 16.3 Å². The van der Waals surface area contributed by atoms with E-state index in [2.05, 4.69) is 5.10 Å². The largest absolute Gasteiger partial charge is 0.495 e. The van der Waals surface area contributed by atoms with E-state index in [0.29, 0.717) is 4.68 Å². The lowest BCUT2D eigenvalue weighted by Crippen LogP contribution is -2.11. The summed E-state index contributed by atoms with van der Waals surface area (Å²) in [6.07, 6.45) is -4.56. The average Bonchev–Trinajstić information content (AvgIpc) is 2.71. The highest BCUT2D eigenvalue weighted by molar-refractivity contribution is 6.32. The minimum absolute atomic E-state index is 0.0284. The molecule has 0 atom stereocenters. The van der Waals surface area contributed by atoms with Gasteiger partial charge in [0.05, 0.1) is 17.8 Å². The summed E-state index contributed by atoms with van der Waals surface area (Å²) in [4.78, 5) is 0. The maximum atomic E-state index is 13.8. The maximum Gasteiger partial charge on any atom is 0.433 e. The number of halogens is 5. The van der Waals surface area contributed by atoms with Crippen LogP contribution in [0.1, 0.15) is 5.69 Å². The molecule has 0 aliphatic rings. The number of hydrogen-bond donors (Lipinski definition) is 0. The van der Waals surface area contributed by atoms with E-state index in [9.17, 15) is 17.6 Å². The van der Waals surface area contributed by atoms with Crippen LogP contribution in [0.3, 0.4) is 0 Å². The number of rotatable bonds is 2. The zero-order chi connectivity index (χ0) is 15.1. The van der Waals surface area contributed by atoms with E-state index in [-0.39, 0.29) is 22.0 Å². The van der Waals surface area contributed by atoms with Crippen LogP contribution in [0.2, 0.25) is 5.02 Å². The van der Waals surface area contributed by atoms with Crippen molar-refractivity contribution in [3.63, 3.8) is 0 Å². The van der Waals surface area contributed by atoms with Crippen LogP contribution in [-0.2, 0) is 13.2 Å². The molecule has 3 nitrogen and oxygen atoms in total. The average molecular weight is 309 g/mol. The van der Waals surface area contributed by atoms with Crippen LogP contribution in [0.25, 0.3) is 11.3 Å². The van der Waals surface area contributed by atoms with Crippen molar-refractivity contribution >= 4 is 11.6 Å². The van der Waals surface area contributed by atoms with Gasteiger partial charge in [-0.2, -0.15) is 18.3 Å². The lowest BCUT2D eigenvalue weighted by molar-refractivity contribution is -0.143. The number of aromatic nitrogens is 2. The highest BCUT2D eigenvalue weighted by Gasteiger charge is 2.35. The number of alkyl halides is 3. The lowest BCUT2D eigenvalue weighted by atomic mass is 10.1. The SMILES string of the molecule is COc1cc(-c2cc(C(F)(F)F)n(C)n2)c(F)cc1Cl. The third-order valence-electron chi connectivity index (χ3n) is 2.69. The molecule has 0 spiro atoms. The Morgan fingerprint density at radius 3 is 2.40 bits per heavy atom. The van der Waals surface area contributed by atoms with Gasteiger partial charge in [0.25, 0.3) is 0 Å². The molecule has 2 aromatic rings. The van der Waals surface area contributed by atoms with Crippen molar-refractivity contribution in [2.75, 3.05) is 7.11 Å². The van der Waals surface area contributed by atoms with Crippen LogP contribution in [0.4, 0.5) is 17.6 Å².